The molecule has 3 rings (SSSR count). The van der Waals surface area contributed by atoms with E-state index >= 15 is 0 Å². The van der Waals surface area contributed by atoms with Gasteiger partial charge in [0.2, 0.25) is 5.95 Å². The van der Waals surface area contributed by atoms with Gasteiger partial charge in [-0.25, -0.2) is 4.98 Å². The van der Waals surface area contributed by atoms with Crippen LogP contribution in [0.5, 0.6) is 11.5 Å². The van der Waals surface area contributed by atoms with Gasteiger partial charge in [-0.3, -0.25) is 0 Å². The number of hydrogen-bond donors (Lipinski definition) is 2. The Kier molecular flexibility index (Phi) is 3.14. The van der Waals surface area contributed by atoms with Gasteiger partial charge in [-0.1, -0.05) is 18.2 Å². The minimum absolute atomic E-state index is 0.719. The summed E-state index contributed by atoms with van der Waals surface area (Å²) >= 11 is 0. The maximum atomic E-state index is 5.72. The molecule has 0 amide bonds. The normalized spacial score (nSPS) is 10.1. The van der Waals surface area contributed by atoms with Gasteiger partial charge in [0.25, 0.3) is 0 Å². The Morgan fingerprint density at radius 3 is 2.32 bits per heavy atom. The van der Waals surface area contributed by atoms with E-state index in [2.05, 4.69) is 15.3 Å². The number of hydrogen-bond acceptors (Lipinski definition) is 3. The molecule has 1 heterocycles. The Morgan fingerprint density at radius 2 is 1.63 bits per heavy atom. The van der Waals surface area contributed by atoms with Gasteiger partial charge in [0.15, 0.2) is 0 Å². The monoisotopic (exact) mass is 251 g/mol. The lowest BCUT2D eigenvalue weighted by molar-refractivity contribution is 0.483. The second-order valence-corrected chi connectivity index (χ2v) is 4.00. The third kappa shape index (κ3) is 2.93. The molecule has 0 fully saturated rings. The highest BCUT2D eigenvalue weighted by Gasteiger charge is 1.98. The van der Waals surface area contributed by atoms with Crippen molar-refractivity contribution in [3.8, 4) is 11.5 Å². The van der Waals surface area contributed by atoms with Gasteiger partial charge >= 0.3 is 0 Å². The number of aromatic amines is 1. The first-order valence-electron chi connectivity index (χ1n) is 5.99. The Hall–Kier alpha value is -2.75. The van der Waals surface area contributed by atoms with Crippen molar-refractivity contribution in [2.75, 3.05) is 5.32 Å². The number of imidazole rings is 1. The fourth-order valence-electron chi connectivity index (χ4n) is 1.70. The summed E-state index contributed by atoms with van der Waals surface area (Å²) in [7, 11) is 0. The minimum Gasteiger partial charge on any atom is -0.457 e. The molecule has 3 aromatic rings. The molecule has 0 aliphatic heterocycles. The van der Waals surface area contributed by atoms with Crippen LogP contribution in [0.3, 0.4) is 0 Å². The topological polar surface area (TPSA) is 49.9 Å². The van der Waals surface area contributed by atoms with E-state index in [9.17, 15) is 0 Å². The van der Waals surface area contributed by atoms with Crippen molar-refractivity contribution in [2.24, 2.45) is 0 Å². The molecular weight excluding hydrogens is 238 g/mol. The third-order valence-corrected chi connectivity index (χ3v) is 2.59. The van der Waals surface area contributed by atoms with E-state index in [1.165, 1.54) is 0 Å². The lowest BCUT2D eigenvalue weighted by Gasteiger charge is -2.07. The maximum Gasteiger partial charge on any atom is 0.204 e. The molecule has 0 aliphatic carbocycles. The summed E-state index contributed by atoms with van der Waals surface area (Å²) < 4.78 is 5.72. The van der Waals surface area contributed by atoms with Gasteiger partial charge in [0.1, 0.15) is 11.5 Å². The van der Waals surface area contributed by atoms with Gasteiger partial charge in [-0.2, -0.15) is 0 Å². The summed E-state index contributed by atoms with van der Waals surface area (Å²) in [6, 6.07) is 17.4. The van der Waals surface area contributed by atoms with Crippen LogP contribution in [0.2, 0.25) is 0 Å². The average molecular weight is 251 g/mol. The molecule has 0 saturated heterocycles. The number of anilines is 2. The first kappa shape index (κ1) is 11.3. The summed E-state index contributed by atoms with van der Waals surface area (Å²) in [5.74, 6) is 2.35. The zero-order valence-corrected chi connectivity index (χ0v) is 10.2. The molecule has 0 spiro atoms. The van der Waals surface area contributed by atoms with E-state index in [0.29, 0.717) is 0 Å². The van der Waals surface area contributed by atoms with Crippen LogP contribution in [0, 0.1) is 0 Å². The molecule has 19 heavy (non-hydrogen) atoms. The van der Waals surface area contributed by atoms with E-state index in [-0.39, 0.29) is 0 Å². The van der Waals surface area contributed by atoms with Crippen LogP contribution < -0.4 is 10.1 Å². The Morgan fingerprint density at radius 1 is 0.895 bits per heavy atom. The second-order valence-electron chi connectivity index (χ2n) is 4.00. The van der Waals surface area contributed by atoms with Crippen molar-refractivity contribution in [3.63, 3.8) is 0 Å². The Labute approximate surface area is 111 Å². The standard InChI is InChI=1S/C15H13N3O/c1-2-4-13(5-3-1)19-14-8-6-12(7-9-14)18-15-16-10-11-17-15/h1-11H,(H2,16,17,18). The molecule has 0 atom stereocenters. The van der Waals surface area contributed by atoms with Gasteiger partial charge in [0.05, 0.1) is 0 Å². The molecule has 0 unspecified atom stereocenters. The number of aromatic nitrogens is 2. The lowest BCUT2D eigenvalue weighted by atomic mass is 10.3. The van der Waals surface area contributed by atoms with Gasteiger partial charge < -0.3 is 15.0 Å². The van der Waals surface area contributed by atoms with E-state index in [1.54, 1.807) is 12.4 Å². The van der Waals surface area contributed by atoms with E-state index < -0.39 is 0 Å². The SMILES string of the molecule is c1ccc(Oc2ccc(Nc3ncc[nH]3)cc2)cc1. The molecule has 2 aromatic carbocycles. The Bertz CT molecular complexity index is 618. The average Bonchev–Trinajstić information content (AvgIpc) is 2.95. The number of para-hydroxylation sites is 1. The van der Waals surface area contributed by atoms with Crippen molar-refractivity contribution in [1.82, 2.24) is 9.97 Å². The van der Waals surface area contributed by atoms with E-state index in [0.717, 1.165) is 23.1 Å². The summed E-state index contributed by atoms with van der Waals surface area (Å²) in [6.45, 7) is 0. The predicted octanol–water partition coefficient (Wildman–Crippen LogP) is 3.95. The molecule has 0 radical (unpaired) electrons. The molecule has 1 aromatic heterocycles. The van der Waals surface area contributed by atoms with E-state index in [4.69, 9.17) is 4.74 Å². The predicted molar refractivity (Wildman–Crippen MR) is 74.8 cm³/mol. The zero-order chi connectivity index (χ0) is 12.9. The maximum absolute atomic E-state index is 5.72. The molecular formula is C15H13N3O. The highest BCUT2D eigenvalue weighted by atomic mass is 16.5. The number of benzene rings is 2. The van der Waals surface area contributed by atoms with Crippen molar-refractivity contribution in [2.45, 2.75) is 0 Å². The Balaban J connectivity index is 1.69. The van der Waals surface area contributed by atoms with Crippen molar-refractivity contribution < 1.29 is 4.74 Å². The summed E-state index contributed by atoms with van der Waals surface area (Å²) in [4.78, 5) is 7.09. The first-order valence-corrected chi connectivity index (χ1v) is 5.99. The third-order valence-electron chi connectivity index (χ3n) is 2.59. The largest absolute Gasteiger partial charge is 0.457 e. The highest BCUT2D eigenvalue weighted by Crippen LogP contribution is 2.23. The molecule has 0 saturated carbocycles. The van der Waals surface area contributed by atoms with E-state index in [1.807, 2.05) is 54.6 Å². The van der Waals surface area contributed by atoms with Crippen LogP contribution in [0.4, 0.5) is 11.6 Å². The van der Waals surface area contributed by atoms with Crippen LogP contribution >= 0.6 is 0 Å². The van der Waals surface area contributed by atoms with Crippen LogP contribution in [0.15, 0.2) is 67.0 Å². The molecule has 0 aliphatic rings. The number of nitrogens with one attached hydrogen (secondary N) is 2. The van der Waals surface area contributed by atoms with Crippen molar-refractivity contribution in [1.29, 1.82) is 0 Å². The highest BCUT2D eigenvalue weighted by molar-refractivity contribution is 5.54. The summed E-state index contributed by atoms with van der Waals surface area (Å²) in [6.07, 6.45) is 3.48. The minimum atomic E-state index is 0.719. The fraction of sp³-hybridized carbons (Fsp3) is 0. The second kappa shape index (κ2) is 5.27. The molecule has 0 bridgehead atoms. The van der Waals surface area contributed by atoms with Crippen LogP contribution in [0.25, 0.3) is 0 Å². The van der Waals surface area contributed by atoms with Crippen LogP contribution in [-0.2, 0) is 0 Å². The molecule has 2 N–H and O–H groups in total. The van der Waals surface area contributed by atoms with Gasteiger partial charge in [-0.15, -0.1) is 0 Å². The number of nitrogens with zero attached hydrogens (tertiary/aromatic N) is 1. The number of ether oxygens (including phenoxy) is 1. The number of H-pyrrole nitrogens is 1. The zero-order valence-electron chi connectivity index (χ0n) is 10.2. The van der Waals surface area contributed by atoms with Crippen LogP contribution in [-0.4, -0.2) is 9.97 Å². The number of rotatable bonds is 4. The summed E-state index contributed by atoms with van der Waals surface area (Å²) in [5, 5.41) is 3.15. The molecule has 94 valence electrons. The van der Waals surface area contributed by atoms with Gasteiger partial charge in [-0.05, 0) is 36.4 Å². The lowest BCUT2D eigenvalue weighted by Crippen LogP contribution is -1.92. The van der Waals surface area contributed by atoms with Crippen molar-refractivity contribution in [3.05, 3.63) is 67.0 Å². The van der Waals surface area contributed by atoms with Crippen molar-refractivity contribution >= 4 is 11.6 Å². The quantitative estimate of drug-likeness (QED) is 0.738. The first-order chi connectivity index (χ1) is 9.40. The van der Waals surface area contributed by atoms with Crippen LogP contribution in [0.1, 0.15) is 0 Å². The molecule has 4 heteroatoms. The molecule has 4 nitrogen and oxygen atoms in total. The van der Waals surface area contributed by atoms with Gasteiger partial charge in [0, 0.05) is 18.1 Å². The fourth-order valence-corrected chi connectivity index (χ4v) is 1.70. The smallest absolute Gasteiger partial charge is 0.204 e. The summed E-state index contributed by atoms with van der Waals surface area (Å²) in [5.41, 5.74) is 0.954.